The molecule has 0 saturated heterocycles. The van der Waals surface area contributed by atoms with Gasteiger partial charge in [-0.25, -0.2) is 4.79 Å². The average molecular weight is 509 g/mol. The maximum absolute atomic E-state index is 13.2. The Kier molecular flexibility index (Phi) is 7.45. The Morgan fingerprint density at radius 2 is 1.51 bits per heavy atom. The van der Waals surface area contributed by atoms with Crippen LogP contribution in [0.4, 0.5) is 13.2 Å². The second-order valence-electron chi connectivity index (χ2n) is 8.29. The Labute approximate surface area is 209 Å². The van der Waals surface area contributed by atoms with E-state index < -0.39 is 35.8 Å². The second-order valence-corrected chi connectivity index (χ2v) is 8.29. The van der Waals surface area contributed by atoms with Gasteiger partial charge in [0, 0.05) is 5.39 Å². The molecule has 0 aliphatic heterocycles. The minimum Gasteiger partial charge on any atom is -0.487 e. The number of hydrogen-bond donors (Lipinski definition) is 3. The lowest BCUT2D eigenvalue weighted by Gasteiger charge is -2.22. The van der Waals surface area contributed by atoms with Gasteiger partial charge in [0.2, 0.25) is 0 Å². The summed E-state index contributed by atoms with van der Waals surface area (Å²) in [5, 5.41) is 24.0. The number of alkyl halides is 3. The molecule has 190 valence electrons. The molecule has 1 amide bonds. The first kappa shape index (κ1) is 25.7. The van der Waals surface area contributed by atoms with Crippen LogP contribution in [0.15, 0.2) is 91.0 Å². The summed E-state index contributed by atoms with van der Waals surface area (Å²) in [4.78, 5) is 25.1. The Hall–Kier alpha value is -4.37. The van der Waals surface area contributed by atoms with Crippen LogP contribution in [0.1, 0.15) is 33.2 Å². The summed E-state index contributed by atoms with van der Waals surface area (Å²) in [6, 6.07) is 21.0. The fraction of sp³-hybridized carbons (Fsp3) is 0.143. The molecule has 0 aromatic heterocycles. The van der Waals surface area contributed by atoms with E-state index in [0.717, 1.165) is 17.5 Å². The summed E-state index contributed by atoms with van der Waals surface area (Å²) in [6.07, 6.45) is -5.98. The summed E-state index contributed by atoms with van der Waals surface area (Å²) >= 11 is 0. The maximum atomic E-state index is 13.2. The van der Waals surface area contributed by atoms with E-state index in [1.54, 1.807) is 60.7 Å². The van der Waals surface area contributed by atoms with Crippen molar-refractivity contribution in [2.24, 2.45) is 0 Å². The number of halogens is 3. The highest BCUT2D eigenvalue weighted by Gasteiger charge is 2.31. The van der Waals surface area contributed by atoms with Crippen LogP contribution < -0.4 is 10.1 Å². The van der Waals surface area contributed by atoms with Crippen LogP contribution in [0, 0.1) is 0 Å². The van der Waals surface area contributed by atoms with Gasteiger partial charge in [0.05, 0.1) is 11.1 Å². The monoisotopic (exact) mass is 509 g/mol. The number of benzene rings is 4. The molecule has 2 atom stereocenters. The third-order valence-corrected chi connectivity index (χ3v) is 5.80. The van der Waals surface area contributed by atoms with Crippen LogP contribution in [0.3, 0.4) is 0 Å². The van der Waals surface area contributed by atoms with Crippen LogP contribution in [0.5, 0.6) is 5.75 Å². The number of amides is 1. The molecule has 4 aromatic rings. The molecule has 3 N–H and O–H groups in total. The highest BCUT2D eigenvalue weighted by atomic mass is 19.4. The summed E-state index contributed by atoms with van der Waals surface area (Å²) in [6.45, 7) is -0.137. The normalized spacial score (nSPS) is 13.1. The molecule has 6 nitrogen and oxygen atoms in total. The number of carboxylic acids is 1. The Morgan fingerprint density at radius 3 is 2.16 bits per heavy atom. The van der Waals surface area contributed by atoms with Gasteiger partial charge in [0.15, 0.2) is 6.04 Å². The molecule has 0 heterocycles. The third kappa shape index (κ3) is 5.90. The van der Waals surface area contributed by atoms with Crippen molar-refractivity contribution in [3.8, 4) is 5.75 Å². The highest BCUT2D eigenvalue weighted by Crippen LogP contribution is 2.32. The molecule has 4 rings (SSSR count). The number of carbonyl (C=O) groups excluding carboxylic acids is 1. The highest BCUT2D eigenvalue weighted by molar-refractivity contribution is 6.05. The van der Waals surface area contributed by atoms with E-state index in [1.165, 1.54) is 18.2 Å². The predicted molar refractivity (Wildman–Crippen MR) is 130 cm³/mol. The second kappa shape index (κ2) is 10.7. The fourth-order valence-corrected chi connectivity index (χ4v) is 3.86. The number of carbonyl (C=O) groups is 2. The van der Waals surface area contributed by atoms with Crippen molar-refractivity contribution in [3.05, 3.63) is 113 Å². The Balaban J connectivity index is 1.63. The Morgan fingerprint density at radius 1 is 0.865 bits per heavy atom. The summed E-state index contributed by atoms with van der Waals surface area (Å²) < 4.78 is 44.6. The number of aliphatic carboxylic acids is 1. The van der Waals surface area contributed by atoms with Gasteiger partial charge in [-0.2, -0.15) is 13.2 Å². The van der Waals surface area contributed by atoms with Gasteiger partial charge in [-0.3, -0.25) is 4.79 Å². The first-order chi connectivity index (χ1) is 17.6. The van der Waals surface area contributed by atoms with Gasteiger partial charge < -0.3 is 20.3 Å². The minimum atomic E-state index is -4.47. The van der Waals surface area contributed by atoms with Crippen molar-refractivity contribution < 1.29 is 37.7 Å². The maximum Gasteiger partial charge on any atom is 0.416 e. The van der Waals surface area contributed by atoms with Crippen molar-refractivity contribution in [3.63, 3.8) is 0 Å². The van der Waals surface area contributed by atoms with E-state index >= 15 is 0 Å². The largest absolute Gasteiger partial charge is 0.487 e. The lowest BCUT2D eigenvalue weighted by Crippen LogP contribution is -2.45. The van der Waals surface area contributed by atoms with Crippen molar-refractivity contribution in [1.29, 1.82) is 0 Å². The molecule has 4 aromatic carbocycles. The van der Waals surface area contributed by atoms with Crippen LogP contribution in [0.2, 0.25) is 0 Å². The molecule has 0 radical (unpaired) electrons. The lowest BCUT2D eigenvalue weighted by atomic mass is 10.0. The summed E-state index contributed by atoms with van der Waals surface area (Å²) in [5.74, 6) is -2.10. The number of carboxylic acid groups (broad SMARTS) is 1. The molecule has 0 aliphatic rings. The molecule has 0 spiro atoms. The minimum absolute atomic E-state index is 0.0112. The van der Waals surface area contributed by atoms with Gasteiger partial charge in [0.1, 0.15) is 18.5 Å². The Bertz CT molecular complexity index is 1410. The number of aliphatic hydroxyl groups excluding tert-OH is 1. The van der Waals surface area contributed by atoms with Crippen LogP contribution in [0.25, 0.3) is 10.8 Å². The van der Waals surface area contributed by atoms with Crippen LogP contribution >= 0.6 is 0 Å². The van der Waals surface area contributed by atoms with Gasteiger partial charge in [-0.1, -0.05) is 72.8 Å². The number of fused-ring (bicyclic) bond motifs is 1. The summed E-state index contributed by atoms with van der Waals surface area (Å²) in [5.41, 5.74) is -0.0296. The van der Waals surface area contributed by atoms with E-state index in [9.17, 15) is 33.0 Å². The van der Waals surface area contributed by atoms with Gasteiger partial charge >= 0.3 is 12.1 Å². The zero-order valence-corrected chi connectivity index (χ0v) is 19.3. The van der Waals surface area contributed by atoms with Crippen molar-refractivity contribution in [2.75, 3.05) is 0 Å². The van der Waals surface area contributed by atoms with Crippen LogP contribution in [-0.2, 0) is 17.6 Å². The van der Waals surface area contributed by atoms with E-state index in [-0.39, 0.29) is 17.9 Å². The molecule has 9 heteroatoms. The van der Waals surface area contributed by atoms with Crippen molar-refractivity contribution >= 4 is 22.6 Å². The number of rotatable bonds is 8. The van der Waals surface area contributed by atoms with E-state index in [4.69, 9.17) is 4.74 Å². The number of hydrogen-bond acceptors (Lipinski definition) is 4. The standard InChI is InChI=1S/C28H22F3NO5/c29-28(30,31)20-13-10-17(11-14-20)16-37-25-21-9-5-4-6-18(21)12-15-22(25)26(34)32-23(27(35)36)24(33)19-7-2-1-3-8-19/h1-15,23-24,33H,16H2,(H,32,34)(H,35,36)/t23-,24?/m0/s1. The van der Waals surface area contributed by atoms with E-state index in [2.05, 4.69) is 5.32 Å². The quantitative estimate of drug-likeness (QED) is 0.298. The topological polar surface area (TPSA) is 95.9 Å². The molecule has 0 fully saturated rings. The third-order valence-electron chi connectivity index (χ3n) is 5.80. The van der Waals surface area contributed by atoms with Gasteiger partial charge in [-0.05, 0) is 34.7 Å². The van der Waals surface area contributed by atoms with Gasteiger partial charge in [0.25, 0.3) is 5.91 Å². The van der Waals surface area contributed by atoms with E-state index in [1.807, 2.05) is 0 Å². The van der Waals surface area contributed by atoms with Crippen LogP contribution in [-0.4, -0.2) is 28.1 Å². The molecule has 0 saturated carbocycles. The van der Waals surface area contributed by atoms with Crippen molar-refractivity contribution in [1.82, 2.24) is 5.32 Å². The molecule has 37 heavy (non-hydrogen) atoms. The summed E-state index contributed by atoms with van der Waals surface area (Å²) in [7, 11) is 0. The molecule has 1 unspecified atom stereocenters. The van der Waals surface area contributed by atoms with Crippen molar-refractivity contribution in [2.45, 2.75) is 24.9 Å². The first-order valence-corrected chi connectivity index (χ1v) is 11.2. The number of nitrogens with one attached hydrogen (secondary N) is 1. The molecular formula is C28H22F3NO5. The molecule has 0 bridgehead atoms. The first-order valence-electron chi connectivity index (χ1n) is 11.2. The number of aliphatic hydroxyl groups is 1. The lowest BCUT2D eigenvalue weighted by molar-refractivity contribution is -0.142. The average Bonchev–Trinajstić information content (AvgIpc) is 2.89. The molecule has 0 aliphatic carbocycles. The SMILES string of the molecule is O=C(N[C@H](C(=O)O)C(O)c1ccccc1)c1ccc2ccccc2c1OCc1ccc(C(F)(F)F)cc1. The predicted octanol–water partition coefficient (Wildman–Crippen LogP) is 5.35. The smallest absolute Gasteiger partial charge is 0.416 e. The fourth-order valence-electron chi connectivity index (χ4n) is 3.86. The van der Waals surface area contributed by atoms with Gasteiger partial charge in [-0.15, -0.1) is 0 Å². The number of ether oxygens (including phenoxy) is 1. The zero-order valence-electron chi connectivity index (χ0n) is 19.3. The van der Waals surface area contributed by atoms with E-state index in [0.29, 0.717) is 16.5 Å². The molecular weight excluding hydrogens is 487 g/mol. The zero-order chi connectivity index (χ0) is 26.6.